The maximum absolute atomic E-state index is 2.41. The van der Waals surface area contributed by atoms with E-state index >= 15 is 0 Å². The van der Waals surface area contributed by atoms with Crippen LogP contribution in [0.2, 0.25) is 0 Å². The smallest absolute Gasteiger partial charge is 0.0473 e. The first-order valence-corrected chi connectivity index (χ1v) is 28.4. The molecule has 0 saturated carbocycles. The summed E-state index contributed by atoms with van der Waals surface area (Å²) < 4.78 is 0. The van der Waals surface area contributed by atoms with Crippen molar-refractivity contribution in [3.8, 4) is 66.8 Å². The Labute approximate surface area is 481 Å². The maximum atomic E-state index is 2.41. The summed E-state index contributed by atoms with van der Waals surface area (Å²) in [5, 5.41) is 7.56. The monoisotopic (exact) mass is 1050 g/mol. The predicted octanol–water partition coefficient (Wildman–Crippen LogP) is 22.8. The van der Waals surface area contributed by atoms with E-state index in [2.05, 4.69) is 329 Å². The number of anilines is 6. The molecule has 2 nitrogen and oxygen atoms in total. The fourth-order valence-electron chi connectivity index (χ4n) is 12.4. The van der Waals surface area contributed by atoms with Gasteiger partial charge in [0.15, 0.2) is 0 Å². The molecule has 14 aromatic carbocycles. The molecule has 0 heterocycles. The minimum Gasteiger partial charge on any atom is -0.310 e. The van der Waals surface area contributed by atoms with Gasteiger partial charge in [-0.15, -0.1) is 0 Å². The number of hydrogen-bond acceptors (Lipinski definition) is 2. The lowest BCUT2D eigenvalue weighted by atomic mass is 9.86. The number of benzene rings is 14. The molecule has 390 valence electrons. The Bertz CT molecular complexity index is 4230. The molecule has 14 aromatic rings. The van der Waals surface area contributed by atoms with Crippen molar-refractivity contribution in [1.82, 2.24) is 0 Å². The Hall–Kier alpha value is -10.3. The van der Waals surface area contributed by atoms with E-state index in [1.165, 1.54) is 121 Å². The van der Waals surface area contributed by atoms with Crippen LogP contribution in [0.1, 0.15) is 22.3 Å². The summed E-state index contributed by atoms with van der Waals surface area (Å²) in [6.45, 7) is 8.67. The first kappa shape index (κ1) is 50.0. The minimum absolute atomic E-state index is 1.09. The average molecular weight is 1050 g/mol. The maximum Gasteiger partial charge on any atom is 0.0473 e. The molecule has 0 unspecified atom stereocenters. The van der Waals surface area contributed by atoms with Crippen LogP contribution in [-0.2, 0) is 0 Å². The molecule has 0 aromatic heterocycles. The predicted molar refractivity (Wildman–Crippen MR) is 351 cm³/mol. The minimum atomic E-state index is 1.09. The van der Waals surface area contributed by atoms with Crippen molar-refractivity contribution in [3.63, 3.8) is 0 Å². The highest BCUT2D eigenvalue weighted by molar-refractivity contribution is 6.29. The van der Waals surface area contributed by atoms with Crippen LogP contribution in [-0.4, -0.2) is 0 Å². The van der Waals surface area contributed by atoms with Gasteiger partial charge in [-0.1, -0.05) is 216 Å². The van der Waals surface area contributed by atoms with Gasteiger partial charge in [-0.25, -0.2) is 0 Å². The molecule has 0 N–H and O–H groups in total. The van der Waals surface area contributed by atoms with Gasteiger partial charge in [0, 0.05) is 34.1 Å². The molecule has 0 saturated heterocycles. The van der Waals surface area contributed by atoms with Gasteiger partial charge in [0.1, 0.15) is 0 Å². The molecule has 82 heavy (non-hydrogen) atoms. The van der Waals surface area contributed by atoms with Gasteiger partial charge in [-0.05, 0) is 224 Å². The summed E-state index contributed by atoms with van der Waals surface area (Å²) in [6.07, 6.45) is 0. The third-order valence-electron chi connectivity index (χ3n) is 16.3. The van der Waals surface area contributed by atoms with Crippen LogP contribution in [0.3, 0.4) is 0 Å². The van der Waals surface area contributed by atoms with Crippen molar-refractivity contribution in [2.45, 2.75) is 27.7 Å². The second-order valence-corrected chi connectivity index (χ2v) is 22.1. The quantitative estimate of drug-likeness (QED) is 0.113. The van der Waals surface area contributed by atoms with Crippen molar-refractivity contribution in [2.24, 2.45) is 0 Å². The van der Waals surface area contributed by atoms with Gasteiger partial charge in [-0.2, -0.15) is 0 Å². The topological polar surface area (TPSA) is 6.48 Å². The van der Waals surface area contributed by atoms with E-state index in [4.69, 9.17) is 0 Å². The zero-order valence-electron chi connectivity index (χ0n) is 46.6. The van der Waals surface area contributed by atoms with Crippen LogP contribution in [0.15, 0.2) is 291 Å². The standard InChI is InChI=1S/C80H60N2/c1-53-17-11-21-59(41-53)65-45-66(60-22-12-18-54(2)42-60)48-73(47-65)81(69-27-7-5-8-28-69)71-37-33-57(34-38-71)77-51-63-25-16-32-76-78(52-64-26-15-31-75(77)79(64)80(63)76)58-35-39-72(40-36-58)82(70-29-9-6-10-30-70)74-49-67(61-23-13-19-55(3)43-61)46-68(50-74)62-24-14-20-56(4)44-62/h5-52H,1-4H3. The third-order valence-corrected chi connectivity index (χ3v) is 16.3. The summed E-state index contributed by atoms with van der Waals surface area (Å²) >= 11 is 0. The Balaban J connectivity index is 0.847. The molecule has 0 atom stereocenters. The van der Waals surface area contributed by atoms with Gasteiger partial charge in [0.25, 0.3) is 0 Å². The van der Waals surface area contributed by atoms with Crippen molar-refractivity contribution < 1.29 is 0 Å². The largest absolute Gasteiger partial charge is 0.310 e. The van der Waals surface area contributed by atoms with E-state index in [9.17, 15) is 0 Å². The van der Waals surface area contributed by atoms with E-state index in [0.717, 1.165) is 34.1 Å². The summed E-state index contributed by atoms with van der Waals surface area (Å²) in [5.41, 5.74) is 25.9. The first-order chi connectivity index (χ1) is 40.2. The molecule has 2 heteroatoms. The van der Waals surface area contributed by atoms with Crippen LogP contribution in [0, 0.1) is 27.7 Å². The zero-order chi connectivity index (χ0) is 55.3. The summed E-state index contributed by atoms with van der Waals surface area (Å²) in [5.74, 6) is 0. The molecular formula is C80H60N2. The van der Waals surface area contributed by atoms with E-state index in [1.54, 1.807) is 0 Å². The van der Waals surface area contributed by atoms with Gasteiger partial charge >= 0.3 is 0 Å². The average Bonchev–Trinajstić information content (AvgIpc) is 2.64. The van der Waals surface area contributed by atoms with E-state index in [0.29, 0.717) is 0 Å². The zero-order valence-corrected chi connectivity index (χ0v) is 46.6. The molecule has 0 bridgehead atoms. The van der Waals surface area contributed by atoms with E-state index in [-0.39, 0.29) is 0 Å². The second kappa shape index (κ2) is 21.1. The second-order valence-electron chi connectivity index (χ2n) is 22.1. The highest BCUT2D eigenvalue weighted by Crippen LogP contribution is 2.47. The van der Waals surface area contributed by atoms with Crippen LogP contribution in [0.4, 0.5) is 34.1 Å². The third kappa shape index (κ3) is 9.55. The Morgan fingerprint density at radius 3 is 0.817 bits per heavy atom. The highest BCUT2D eigenvalue weighted by Gasteiger charge is 2.21. The number of rotatable bonds is 12. The summed E-state index contributed by atoms with van der Waals surface area (Å²) in [6, 6.07) is 108. The molecule has 0 aliphatic heterocycles. The lowest BCUT2D eigenvalue weighted by Gasteiger charge is -2.27. The molecule has 0 aliphatic rings. The Morgan fingerprint density at radius 1 is 0.195 bits per heavy atom. The van der Waals surface area contributed by atoms with Crippen LogP contribution >= 0.6 is 0 Å². The molecule has 0 spiro atoms. The highest BCUT2D eigenvalue weighted by atomic mass is 15.1. The SMILES string of the molecule is Cc1cccc(-c2cc(-c3cccc(C)c3)cc(N(c3ccccc3)c3ccc(-c4cc5cccc6c(-c7ccc(N(c8ccccc8)c8cc(-c9cccc(C)c9)cc(-c9cccc(C)c9)c8)cc7)cc7cccc4c7c56)cc3)c2)c1. The molecule has 14 rings (SSSR count). The number of nitrogens with zero attached hydrogens (tertiary/aromatic N) is 2. The van der Waals surface area contributed by atoms with Crippen LogP contribution in [0.5, 0.6) is 0 Å². The van der Waals surface area contributed by atoms with Gasteiger partial charge in [-0.3, -0.25) is 0 Å². The summed E-state index contributed by atoms with van der Waals surface area (Å²) in [4.78, 5) is 4.79. The molecule has 0 amide bonds. The van der Waals surface area contributed by atoms with Crippen LogP contribution < -0.4 is 9.80 Å². The summed E-state index contributed by atoms with van der Waals surface area (Å²) in [7, 11) is 0. The fraction of sp³-hybridized carbons (Fsp3) is 0.0500. The molecular weight excluding hydrogens is 989 g/mol. The van der Waals surface area contributed by atoms with Crippen molar-refractivity contribution >= 4 is 66.4 Å². The Kier molecular flexibility index (Phi) is 12.8. The van der Waals surface area contributed by atoms with Gasteiger partial charge in [0.05, 0.1) is 0 Å². The molecule has 0 radical (unpaired) electrons. The molecule has 0 fully saturated rings. The number of para-hydroxylation sites is 2. The number of aryl methyl sites for hydroxylation is 4. The van der Waals surface area contributed by atoms with Gasteiger partial charge in [0.2, 0.25) is 0 Å². The van der Waals surface area contributed by atoms with Gasteiger partial charge < -0.3 is 9.80 Å². The van der Waals surface area contributed by atoms with Crippen molar-refractivity contribution in [3.05, 3.63) is 313 Å². The van der Waals surface area contributed by atoms with E-state index < -0.39 is 0 Å². The van der Waals surface area contributed by atoms with Crippen LogP contribution in [0.25, 0.3) is 99.1 Å². The number of hydrogen-bond donors (Lipinski definition) is 0. The van der Waals surface area contributed by atoms with Crippen molar-refractivity contribution in [1.29, 1.82) is 0 Å². The lowest BCUT2D eigenvalue weighted by molar-refractivity contribution is 1.28. The lowest BCUT2D eigenvalue weighted by Crippen LogP contribution is -2.10. The Morgan fingerprint density at radius 2 is 0.500 bits per heavy atom. The van der Waals surface area contributed by atoms with E-state index in [1.807, 2.05) is 0 Å². The first-order valence-electron chi connectivity index (χ1n) is 28.4. The fourth-order valence-corrected chi connectivity index (χ4v) is 12.4. The normalized spacial score (nSPS) is 11.4. The molecule has 0 aliphatic carbocycles. The van der Waals surface area contributed by atoms with Crippen molar-refractivity contribution in [2.75, 3.05) is 9.80 Å².